The third kappa shape index (κ3) is 4.26. The summed E-state index contributed by atoms with van der Waals surface area (Å²) in [6.07, 6.45) is 8.66. The van der Waals surface area contributed by atoms with E-state index in [-0.39, 0.29) is 0 Å². The van der Waals surface area contributed by atoms with Crippen molar-refractivity contribution in [2.45, 2.75) is 12.8 Å². The summed E-state index contributed by atoms with van der Waals surface area (Å²) in [7, 11) is 0. The predicted octanol–water partition coefficient (Wildman–Crippen LogP) is 11.8. The van der Waals surface area contributed by atoms with E-state index in [1.165, 1.54) is 82.8 Å². The van der Waals surface area contributed by atoms with E-state index in [0.717, 1.165) is 12.8 Å². The second-order valence-electron chi connectivity index (χ2n) is 12.3. The Kier molecular flexibility index (Phi) is 6.14. The van der Waals surface area contributed by atoms with Gasteiger partial charge < -0.3 is 9.13 Å². The molecule has 0 saturated heterocycles. The van der Waals surface area contributed by atoms with Crippen molar-refractivity contribution in [3.05, 3.63) is 175 Å². The average Bonchev–Trinajstić information content (AvgIpc) is 3.52. The number of nitrogens with zero attached hydrogens (tertiary/aromatic N) is 2. The Bertz CT molecular complexity index is 2520. The van der Waals surface area contributed by atoms with Crippen molar-refractivity contribution < 1.29 is 0 Å². The number of hydrogen-bond donors (Lipinski definition) is 0. The third-order valence-electron chi connectivity index (χ3n) is 9.45. The minimum absolute atomic E-state index is 0.916. The largest absolute Gasteiger partial charge is 0.309 e. The average molecular weight is 589 g/mol. The van der Waals surface area contributed by atoms with Crippen LogP contribution in [0.5, 0.6) is 0 Å². The zero-order chi connectivity index (χ0) is 30.6. The summed E-state index contributed by atoms with van der Waals surface area (Å²) in [6, 6.07) is 50.9. The van der Waals surface area contributed by atoms with Crippen LogP contribution in [0.1, 0.15) is 18.4 Å². The van der Waals surface area contributed by atoms with Crippen molar-refractivity contribution >= 4 is 49.2 Å². The fourth-order valence-electron chi connectivity index (χ4n) is 7.22. The molecule has 8 aromatic rings. The molecule has 6 aromatic carbocycles. The van der Waals surface area contributed by atoms with Gasteiger partial charge in [0.2, 0.25) is 0 Å². The SMILES string of the molecule is C=C1CC=CC(c2ccc3c(c2)c2cc(-c4ccc5c(c4)c4ccccc4n5-c4ccccc4)ccc2n3-c2ccccc2)=CC1. The minimum Gasteiger partial charge on any atom is -0.309 e. The van der Waals surface area contributed by atoms with Crippen molar-refractivity contribution in [1.29, 1.82) is 0 Å². The van der Waals surface area contributed by atoms with Crippen molar-refractivity contribution in [2.24, 2.45) is 0 Å². The lowest BCUT2D eigenvalue weighted by molar-refractivity contribution is 1.13. The normalized spacial score (nSPS) is 13.6. The number of aromatic nitrogens is 2. The molecule has 0 unspecified atom stereocenters. The Balaban J connectivity index is 1.26. The number of allylic oxidation sites excluding steroid dienone is 5. The van der Waals surface area contributed by atoms with E-state index in [1.54, 1.807) is 0 Å². The molecule has 2 nitrogen and oxygen atoms in total. The van der Waals surface area contributed by atoms with Crippen LogP contribution in [0.25, 0.3) is 71.7 Å². The van der Waals surface area contributed by atoms with Crippen LogP contribution in [0, 0.1) is 0 Å². The van der Waals surface area contributed by atoms with Gasteiger partial charge >= 0.3 is 0 Å². The molecular weight excluding hydrogens is 556 g/mol. The highest BCUT2D eigenvalue weighted by molar-refractivity contribution is 6.13. The van der Waals surface area contributed by atoms with Gasteiger partial charge in [-0.1, -0.05) is 103 Å². The summed E-state index contributed by atoms with van der Waals surface area (Å²) in [5.41, 5.74) is 13.4. The zero-order valence-electron chi connectivity index (χ0n) is 25.5. The fourth-order valence-corrected chi connectivity index (χ4v) is 7.22. The number of fused-ring (bicyclic) bond motifs is 6. The number of hydrogen-bond acceptors (Lipinski definition) is 0. The van der Waals surface area contributed by atoms with Crippen LogP contribution in [0.15, 0.2) is 170 Å². The topological polar surface area (TPSA) is 9.86 Å². The Hall–Kier alpha value is -5.86. The number of benzene rings is 6. The summed E-state index contributed by atoms with van der Waals surface area (Å²) in [6.45, 7) is 4.22. The monoisotopic (exact) mass is 588 g/mol. The molecule has 0 atom stereocenters. The van der Waals surface area contributed by atoms with Gasteiger partial charge in [0.1, 0.15) is 0 Å². The summed E-state index contributed by atoms with van der Waals surface area (Å²) in [5, 5.41) is 5.05. The first-order valence-electron chi connectivity index (χ1n) is 16.0. The first-order chi connectivity index (χ1) is 22.7. The van der Waals surface area contributed by atoms with Crippen molar-refractivity contribution in [2.75, 3.05) is 0 Å². The molecule has 1 aliphatic carbocycles. The molecule has 0 spiro atoms. The molecule has 9 rings (SSSR count). The van der Waals surface area contributed by atoms with Gasteiger partial charge in [0, 0.05) is 32.9 Å². The molecule has 46 heavy (non-hydrogen) atoms. The molecule has 0 saturated carbocycles. The molecule has 0 aliphatic heterocycles. The first kappa shape index (κ1) is 26.5. The second kappa shape index (κ2) is 10.6. The number of para-hydroxylation sites is 3. The van der Waals surface area contributed by atoms with Gasteiger partial charge in [-0.3, -0.25) is 0 Å². The molecule has 0 bridgehead atoms. The van der Waals surface area contributed by atoms with Crippen LogP contribution in [0.4, 0.5) is 0 Å². The van der Waals surface area contributed by atoms with E-state index in [4.69, 9.17) is 0 Å². The Labute approximate surface area is 268 Å². The van der Waals surface area contributed by atoms with E-state index in [2.05, 4.69) is 173 Å². The lowest BCUT2D eigenvalue weighted by Gasteiger charge is -2.09. The van der Waals surface area contributed by atoms with E-state index in [0.29, 0.717) is 0 Å². The minimum atomic E-state index is 0.916. The Morgan fingerprint density at radius 3 is 1.52 bits per heavy atom. The van der Waals surface area contributed by atoms with Gasteiger partial charge in [-0.15, -0.1) is 0 Å². The van der Waals surface area contributed by atoms with Gasteiger partial charge in [-0.05, 0) is 102 Å². The summed E-state index contributed by atoms with van der Waals surface area (Å²) in [4.78, 5) is 0. The first-order valence-corrected chi connectivity index (χ1v) is 16.0. The number of rotatable bonds is 4. The Morgan fingerprint density at radius 1 is 0.435 bits per heavy atom. The second-order valence-corrected chi connectivity index (χ2v) is 12.3. The van der Waals surface area contributed by atoms with Crippen molar-refractivity contribution in [1.82, 2.24) is 9.13 Å². The molecular formula is C44H32N2. The molecule has 0 radical (unpaired) electrons. The molecule has 0 amide bonds. The third-order valence-corrected chi connectivity index (χ3v) is 9.45. The molecule has 1 aliphatic rings. The highest BCUT2D eigenvalue weighted by atomic mass is 15.0. The summed E-state index contributed by atoms with van der Waals surface area (Å²) < 4.78 is 4.77. The van der Waals surface area contributed by atoms with Gasteiger partial charge in [0.15, 0.2) is 0 Å². The molecule has 218 valence electrons. The quantitative estimate of drug-likeness (QED) is 0.181. The van der Waals surface area contributed by atoms with Crippen LogP contribution >= 0.6 is 0 Å². The highest BCUT2D eigenvalue weighted by Crippen LogP contribution is 2.39. The van der Waals surface area contributed by atoms with Crippen molar-refractivity contribution in [3.8, 4) is 22.5 Å². The molecule has 2 aromatic heterocycles. The predicted molar refractivity (Wildman–Crippen MR) is 196 cm³/mol. The van der Waals surface area contributed by atoms with Crippen LogP contribution in [-0.2, 0) is 0 Å². The van der Waals surface area contributed by atoms with Crippen LogP contribution < -0.4 is 0 Å². The highest BCUT2D eigenvalue weighted by Gasteiger charge is 2.17. The van der Waals surface area contributed by atoms with Gasteiger partial charge in [-0.25, -0.2) is 0 Å². The van der Waals surface area contributed by atoms with E-state index < -0.39 is 0 Å². The maximum absolute atomic E-state index is 4.22. The summed E-state index contributed by atoms with van der Waals surface area (Å²) in [5.74, 6) is 0. The van der Waals surface area contributed by atoms with Gasteiger partial charge in [0.05, 0.1) is 22.1 Å². The van der Waals surface area contributed by atoms with Crippen LogP contribution in [0.2, 0.25) is 0 Å². The smallest absolute Gasteiger partial charge is 0.0541 e. The van der Waals surface area contributed by atoms with E-state index in [1.807, 2.05) is 0 Å². The lowest BCUT2D eigenvalue weighted by atomic mass is 9.99. The molecule has 2 heterocycles. The van der Waals surface area contributed by atoms with Gasteiger partial charge in [0.25, 0.3) is 0 Å². The van der Waals surface area contributed by atoms with Crippen molar-refractivity contribution in [3.63, 3.8) is 0 Å². The fraction of sp³-hybridized carbons (Fsp3) is 0.0455. The molecule has 0 N–H and O–H groups in total. The van der Waals surface area contributed by atoms with Gasteiger partial charge in [-0.2, -0.15) is 0 Å². The lowest BCUT2D eigenvalue weighted by Crippen LogP contribution is -1.93. The maximum Gasteiger partial charge on any atom is 0.0541 e. The van der Waals surface area contributed by atoms with E-state index >= 15 is 0 Å². The zero-order valence-corrected chi connectivity index (χ0v) is 25.5. The van der Waals surface area contributed by atoms with Crippen LogP contribution in [0.3, 0.4) is 0 Å². The maximum atomic E-state index is 4.22. The molecule has 2 heteroatoms. The summed E-state index contributed by atoms with van der Waals surface area (Å²) >= 11 is 0. The van der Waals surface area contributed by atoms with E-state index in [9.17, 15) is 0 Å². The molecule has 0 fully saturated rings. The van der Waals surface area contributed by atoms with Crippen LogP contribution in [-0.4, -0.2) is 9.13 Å². The Morgan fingerprint density at radius 2 is 0.913 bits per heavy atom. The standard InChI is InChI=1S/C44H32N2/c1-30-11-10-12-31(20-19-30)32-21-24-43-39(27-32)40-29-34(23-26-44(40)46(43)36-15-6-3-7-16-36)33-22-25-42-38(28-33)37-17-8-9-18-41(37)45(42)35-13-4-2-5-14-35/h2-10,12-18,20-29H,1,11,19H2.